The van der Waals surface area contributed by atoms with E-state index in [-0.39, 0.29) is 16.8 Å². The zero-order valence-corrected chi connectivity index (χ0v) is 9.49. The lowest BCUT2D eigenvalue weighted by Gasteiger charge is -2.19. The number of aliphatic carboxylic acids is 1. The number of nitrogens with zero attached hydrogens (tertiary/aromatic N) is 1. The van der Waals surface area contributed by atoms with Gasteiger partial charge in [-0.25, -0.2) is 4.79 Å². The van der Waals surface area contributed by atoms with Crippen LogP contribution in [0.4, 0.5) is 5.69 Å². The second kappa shape index (κ2) is 4.09. The molecule has 0 bridgehead atoms. The molecule has 86 valence electrons. The van der Waals surface area contributed by atoms with Crippen LogP contribution >= 0.6 is 11.6 Å². The van der Waals surface area contributed by atoms with E-state index < -0.39 is 15.8 Å². The first kappa shape index (κ1) is 12.4. The highest BCUT2D eigenvalue weighted by molar-refractivity contribution is 6.33. The molecule has 16 heavy (non-hydrogen) atoms. The number of hydrogen-bond donors (Lipinski definition) is 1. The van der Waals surface area contributed by atoms with Crippen molar-refractivity contribution < 1.29 is 14.8 Å². The van der Waals surface area contributed by atoms with Gasteiger partial charge in [0, 0.05) is 11.6 Å². The van der Waals surface area contributed by atoms with Gasteiger partial charge in [-0.15, -0.1) is 11.6 Å². The van der Waals surface area contributed by atoms with Crippen molar-refractivity contribution in [2.75, 3.05) is 0 Å². The topological polar surface area (TPSA) is 80.4 Å². The number of carboxylic acid groups (broad SMARTS) is 1. The maximum absolute atomic E-state index is 11.0. The van der Waals surface area contributed by atoms with Gasteiger partial charge in [-0.1, -0.05) is 12.1 Å². The lowest BCUT2D eigenvalue weighted by Crippen LogP contribution is -2.26. The van der Waals surface area contributed by atoms with Gasteiger partial charge in [-0.2, -0.15) is 0 Å². The molecule has 1 atom stereocenters. The standard InChI is InChI=1S/C10H10ClNO4/c1-6-7(10(2,11)9(13)14)4-3-5-8(6)12(15)16/h3-5H,1-2H3,(H,13,14). The van der Waals surface area contributed by atoms with Crippen LogP contribution in [-0.2, 0) is 9.67 Å². The number of carbonyl (C=O) groups is 1. The number of hydrogen-bond acceptors (Lipinski definition) is 3. The van der Waals surface area contributed by atoms with Crippen molar-refractivity contribution >= 4 is 23.3 Å². The largest absolute Gasteiger partial charge is 0.480 e. The Labute approximate surface area is 96.8 Å². The Bertz CT molecular complexity index is 456. The summed E-state index contributed by atoms with van der Waals surface area (Å²) in [4.78, 5) is 19.4. The van der Waals surface area contributed by atoms with Gasteiger partial charge in [-0.05, 0) is 19.4 Å². The molecule has 0 amide bonds. The van der Waals surface area contributed by atoms with Crippen molar-refractivity contribution in [3.05, 3.63) is 39.4 Å². The first-order chi connectivity index (χ1) is 7.28. The van der Waals surface area contributed by atoms with Crippen molar-refractivity contribution in [2.45, 2.75) is 18.7 Å². The van der Waals surface area contributed by atoms with E-state index in [1.807, 2.05) is 0 Å². The Kier molecular flexibility index (Phi) is 3.19. The number of benzene rings is 1. The minimum absolute atomic E-state index is 0.134. The highest BCUT2D eigenvalue weighted by Gasteiger charge is 2.35. The van der Waals surface area contributed by atoms with Gasteiger partial charge in [0.2, 0.25) is 0 Å². The number of rotatable bonds is 3. The maximum Gasteiger partial charge on any atom is 0.329 e. The highest BCUT2D eigenvalue weighted by atomic mass is 35.5. The molecule has 0 aliphatic carbocycles. The zero-order valence-electron chi connectivity index (χ0n) is 8.73. The number of halogens is 1. The SMILES string of the molecule is Cc1c([N+](=O)[O-])cccc1C(C)(Cl)C(=O)O. The van der Waals surface area contributed by atoms with Gasteiger partial charge in [-0.3, -0.25) is 10.1 Å². The smallest absolute Gasteiger partial charge is 0.329 e. The van der Waals surface area contributed by atoms with Crippen LogP contribution in [0.1, 0.15) is 18.1 Å². The van der Waals surface area contributed by atoms with E-state index in [9.17, 15) is 14.9 Å². The minimum Gasteiger partial charge on any atom is -0.480 e. The summed E-state index contributed by atoms with van der Waals surface area (Å²) in [6, 6.07) is 4.21. The predicted molar refractivity (Wildman–Crippen MR) is 58.7 cm³/mol. The van der Waals surface area contributed by atoms with E-state index in [4.69, 9.17) is 16.7 Å². The van der Waals surface area contributed by atoms with E-state index in [2.05, 4.69) is 0 Å². The predicted octanol–water partition coefficient (Wildman–Crippen LogP) is 2.44. The van der Waals surface area contributed by atoms with Crippen molar-refractivity contribution in [1.29, 1.82) is 0 Å². The fourth-order valence-corrected chi connectivity index (χ4v) is 1.65. The summed E-state index contributed by atoms with van der Waals surface area (Å²) in [5.74, 6) is -1.24. The molecule has 1 aromatic carbocycles. The second-order valence-corrected chi connectivity index (χ2v) is 4.27. The monoisotopic (exact) mass is 243 g/mol. The van der Waals surface area contributed by atoms with Gasteiger partial charge < -0.3 is 5.11 Å². The molecular formula is C10H10ClNO4. The fourth-order valence-electron chi connectivity index (χ4n) is 1.45. The molecule has 0 spiro atoms. The minimum atomic E-state index is -1.66. The van der Waals surface area contributed by atoms with E-state index >= 15 is 0 Å². The van der Waals surface area contributed by atoms with Crippen molar-refractivity contribution in [1.82, 2.24) is 0 Å². The molecule has 1 rings (SSSR count). The normalized spacial score (nSPS) is 14.2. The summed E-state index contributed by atoms with van der Waals surface area (Å²) in [7, 11) is 0. The third-order valence-electron chi connectivity index (χ3n) is 2.41. The summed E-state index contributed by atoms with van der Waals surface area (Å²) in [6.07, 6.45) is 0. The van der Waals surface area contributed by atoms with Crippen LogP contribution in [0.15, 0.2) is 18.2 Å². The summed E-state index contributed by atoms with van der Waals surface area (Å²) in [5.41, 5.74) is 0.369. The molecule has 0 heterocycles. The number of alkyl halides is 1. The summed E-state index contributed by atoms with van der Waals surface area (Å²) < 4.78 is 0. The molecule has 0 aliphatic rings. The van der Waals surface area contributed by atoms with Crippen LogP contribution in [0, 0.1) is 17.0 Å². The van der Waals surface area contributed by atoms with Crippen LogP contribution in [-0.4, -0.2) is 16.0 Å². The average molecular weight is 244 g/mol. The Hall–Kier alpha value is -1.62. The number of nitro benzene ring substituents is 1. The molecule has 0 saturated heterocycles. The van der Waals surface area contributed by atoms with Crippen molar-refractivity contribution in [2.24, 2.45) is 0 Å². The maximum atomic E-state index is 11.0. The third kappa shape index (κ3) is 1.99. The first-order valence-corrected chi connectivity index (χ1v) is 4.83. The van der Waals surface area contributed by atoms with Crippen molar-refractivity contribution in [3.8, 4) is 0 Å². The van der Waals surface area contributed by atoms with E-state index in [0.29, 0.717) is 0 Å². The molecule has 1 unspecified atom stereocenters. The van der Waals surface area contributed by atoms with Crippen LogP contribution in [0.2, 0.25) is 0 Å². The molecule has 1 aromatic rings. The van der Waals surface area contributed by atoms with Crippen LogP contribution in [0.25, 0.3) is 0 Å². The first-order valence-electron chi connectivity index (χ1n) is 4.45. The number of carboxylic acids is 1. The molecule has 0 fully saturated rings. The Balaban J connectivity index is 3.42. The van der Waals surface area contributed by atoms with Crippen molar-refractivity contribution in [3.63, 3.8) is 0 Å². The molecule has 1 N–H and O–H groups in total. The zero-order chi connectivity index (χ0) is 12.5. The molecule has 0 aliphatic heterocycles. The summed E-state index contributed by atoms with van der Waals surface area (Å²) >= 11 is 5.86. The van der Waals surface area contributed by atoms with E-state index in [1.54, 1.807) is 0 Å². The van der Waals surface area contributed by atoms with Gasteiger partial charge in [0.05, 0.1) is 4.92 Å². The van der Waals surface area contributed by atoms with Crippen LogP contribution < -0.4 is 0 Å². The van der Waals surface area contributed by atoms with Crippen LogP contribution in [0.5, 0.6) is 0 Å². The fraction of sp³-hybridized carbons (Fsp3) is 0.300. The Morgan fingerprint density at radius 3 is 2.56 bits per heavy atom. The van der Waals surface area contributed by atoms with Gasteiger partial charge in [0.25, 0.3) is 5.69 Å². The lowest BCUT2D eigenvalue weighted by atomic mass is 9.94. The van der Waals surface area contributed by atoms with E-state index in [1.165, 1.54) is 32.0 Å². The van der Waals surface area contributed by atoms with Gasteiger partial charge >= 0.3 is 5.97 Å². The van der Waals surface area contributed by atoms with E-state index in [0.717, 1.165) is 0 Å². The molecule has 6 heteroatoms. The number of nitro groups is 1. The lowest BCUT2D eigenvalue weighted by molar-refractivity contribution is -0.385. The third-order valence-corrected chi connectivity index (χ3v) is 2.77. The Morgan fingerprint density at radius 1 is 1.56 bits per heavy atom. The van der Waals surface area contributed by atoms with Crippen LogP contribution in [0.3, 0.4) is 0 Å². The summed E-state index contributed by atoms with van der Waals surface area (Å²) in [5, 5.41) is 19.6. The molecule has 0 radical (unpaired) electrons. The molecular weight excluding hydrogens is 234 g/mol. The average Bonchev–Trinajstić information content (AvgIpc) is 2.16. The van der Waals surface area contributed by atoms with Gasteiger partial charge in [0.1, 0.15) is 0 Å². The second-order valence-electron chi connectivity index (χ2n) is 3.51. The molecule has 0 aromatic heterocycles. The highest BCUT2D eigenvalue weighted by Crippen LogP contribution is 2.34. The molecule has 0 saturated carbocycles. The molecule has 5 nitrogen and oxygen atoms in total. The van der Waals surface area contributed by atoms with Gasteiger partial charge in [0.15, 0.2) is 4.87 Å². The quantitative estimate of drug-likeness (QED) is 0.502. The Morgan fingerprint density at radius 2 is 2.12 bits per heavy atom. The summed E-state index contributed by atoms with van der Waals surface area (Å²) in [6.45, 7) is 2.78.